The first kappa shape index (κ1) is 9.95. The van der Waals surface area contributed by atoms with E-state index in [0.717, 1.165) is 11.4 Å². The minimum atomic E-state index is -0.185. The van der Waals surface area contributed by atoms with Gasteiger partial charge in [-0.1, -0.05) is 13.2 Å². The summed E-state index contributed by atoms with van der Waals surface area (Å²) in [6, 6.07) is 0. The lowest BCUT2D eigenvalue weighted by Crippen LogP contribution is -2.07. The van der Waals surface area contributed by atoms with Crippen molar-refractivity contribution in [2.45, 2.75) is 20.3 Å². The van der Waals surface area contributed by atoms with Crippen LogP contribution >= 0.6 is 0 Å². The average Bonchev–Trinajstić information content (AvgIpc) is 1.82. The summed E-state index contributed by atoms with van der Waals surface area (Å²) in [5.74, 6) is -0.185. The van der Waals surface area contributed by atoms with Gasteiger partial charge in [-0.3, -0.25) is 0 Å². The van der Waals surface area contributed by atoms with Crippen molar-refractivity contribution in [2.75, 3.05) is 0 Å². The van der Waals surface area contributed by atoms with Gasteiger partial charge in [-0.25, -0.2) is 4.39 Å². The second-order valence-electron chi connectivity index (χ2n) is 2.50. The first-order chi connectivity index (χ1) is 5.02. The Labute approximate surface area is 67.3 Å². The van der Waals surface area contributed by atoms with Crippen LogP contribution in [0.1, 0.15) is 20.3 Å². The Morgan fingerprint density at radius 2 is 2.00 bits per heavy atom. The maximum Gasteiger partial charge on any atom is 0.0932 e. The highest BCUT2D eigenvalue weighted by Crippen LogP contribution is 2.02. The van der Waals surface area contributed by atoms with Crippen molar-refractivity contribution >= 4 is 0 Å². The molecule has 0 atom stereocenters. The molecule has 0 rings (SSSR count). The second-order valence-corrected chi connectivity index (χ2v) is 2.50. The molecule has 0 saturated carbocycles. The molecule has 0 unspecified atom stereocenters. The minimum Gasteiger partial charge on any atom is -0.363 e. The van der Waals surface area contributed by atoms with Gasteiger partial charge < -0.3 is 5.32 Å². The van der Waals surface area contributed by atoms with Crippen LogP contribution in [0, 0.1) is 0 Å². The van der Waals surface area contributed by atoms with Crippen LogP contribution in [-0.4, -0.2) is 0 Å². The van der Waals surface area contributed by atoms with E-state index in [2.05, 4.69) is 18.5 Å². The van der Waals surface area contributed by atoms with Crippen molar-refractivity contribution in [1.29, 1.82) is 0 Å². The SMILES string of the molecule is C=C(C)NC(=C)C/C=C(\C)F. The highest BCUT2D eigenvalue weighted by molar-refractivity contribution is 5.07. The van der Waals surface area contributed by atoms with Gasteiger partial charge in [0.2, 0.25) is 0 Å². The third-order valence-electron chi connectivity index (χ3n) is 1.02. The Balaban J connectivity index is 3.71. The molecule has 0 fully saturated rings. The molecule has 0 radical (unpaired) electrons. The Morgan fingerprint density at radius 3 is 2.36 bits per heavy atom. The zero-order chi connectivity index (χ0) is 8.85. The molecule has 0 saturated heterocycles. The van der Waals surface area contributed by atoms with E-state index in [1.54, 1.807) is 0 Å². The van der Waals surface area contributed by atoms with E-state index in [1.807, 2.05) is 6.92 Å². The standard InChI is InChI=1S/C9H14FN/c1-7(2)11-9(4)6-5-8(3)10/h5,11H,1,4,6H2,2-3H3/b8-5+. The van der Waals surface area contributed by atoms with E-state index in [9.17, 15) is 4.39 Å². The normalized spacial score (nSPS) is 11.0. The number of hydrogen-bond donors (Lipinski definition) is 1. The van der Waals surface area contributed by atoms with E-state index >= 15 is 0 Å². The third kappa shape index (κ3) is 6.84. The molecule has 1 N–H and O–H groups in total. The molecule has 0 heterocycles. The number of halogens is 1. The van der Waals surface area contributed by atoms with Crippen LogP contribution in [0.5, 0.6) is 0 Å². The molecule has 0 aliphatic carbocycles. The molecule has 0 amide bonds. The molecule has 2 heteroatoms. The Bertz CT molecular complexity index is 188. The number of rotatable bonds is 4. The molecule has 0 spiro atoms. The molecule has 0 aromatic carbocycles. The van der Waals surface area contributed by atoms with Crippen molar-refractivity contribution in [3.8, 4) is 0 Å². The quantitative estimate of drug-likeness (QED) is 0.658. The first-order valence-corrected chi connectivity index (χ1v) is 3.45. The molecular formula is C9H14FN. The average molecular weight is 155 g/mol. The number of allylic oxidation sites excluding steroid dienone is 3. The zero-order valence-electron chi connectivity index (χ0n) is 7.08. The fraction of sp³-hybridized carbons (Fsp3) is 0.333. The van der Waals surface area contributed by atoms with Crippen LogP contribution in [0.4, 0.5) is 4.39 Å². The highest BCUT2D eigenvalue weighted by atomic mass is 19.1. The maximum atomic E-state index is 12.2. The summed E-state index contributed by atoms with van der Waals surface area (Å²) in [7, 11) is 0. The van der Waals surface area contributed by atoms with E-state index in [0.29, 0.717) is 6.42 Å². The molecule has 0 aromatic rings. The van der Waals surface area contributed by atoms with Crippen LogP contribution in [0.2, 0.25) is 0 Å². The zero-order valence-corrected chi connectivity index (χ0v) is 7.08. The molecule has 11 heavy (non-hydrogen) atoms. The number of nitrogens with one attached hydrogen (secondary N) is 1. The fourth-order valence-electron chi connectivity index (χ4n) is 0.617. The van der Waals surface area contributed by atoms with E-state index in [-0.39, 0.29) is 5.83 Å². The molecule has 0 aromatic heterocycles. The van der Waals surface area contributed by atoms with Crippen LogP contribution in [-0.2, 0) is 0 Å². The molecular weight excluding hydrogens is 141 g/mol. The predicted octanol–water partition coefficient (Wildman–Crippen LogP) is 2.89. The molecule has 0 aliphatic heterocycles. The Hall–Kier alpha value is -1.05. The van der Waals surface area contributed by atoms with Gasteiger partial charge in [-0.2, -0.15) is 0 Å². The lowest BCUT2D eigenvalue weighted by atomic mass is 10.3. The van der Waals surface area contributed by atoms with Crippen molar-refractivity contribution in [1.82, 2.24) is 5.32 Å². The van der Waals surface area contributed by atoms with Crippen molar-refractivity contribution < 1.29 is 4.39 Å². The first-order valence-electron chi connectivity index (χ1n) is 3.45. The van der Waals surface area contributed by atoms with E-state index in [4.69, 9.17) is 0 Å². The van der Waals surface area contributed by atoms with Crippen LogP contribution in [0.25, 0.3) is 0 Å². The molecule has 62 valence electrons. The van der Waals surface area contributed by atoms with Gasteiger partial charge in [0, 0.05) is 17.8 Å². The van der Waals surface area contributed by atoms with Crippen LogP contribution in [0.15, 0.2) is 36.5 Å². The van der Waals surface area contributed by atoms with E-state index in [1.165, 1.54) is 13.0 Å². The largest absolute Gasteiger partial charge is 0.363 e. The van der Waals surface area contributed by atoms with Crippen LogP contribution in [0.3, 0.4) is 0 Å². The topological polar surface area (TPSA) is 12.0 Å². The molecule has 1 nitrogen and oxygen atoms in total. The summed E-state index contributed by atoms with van der Waals surface area (Å²) in [5, 5.41) is 2.90. The van der Waals surface area contributed by atoms with Gasteiger partial charge >= 0.3 is 0 Å². The monoisotopic (exact) mass is 155 g/mol. The fourth-order valence-corrected chi connectivity index (χ4v) is 0.617. The highest BCUT2D eigenvalue weighted by Gasteiger charge is 1.90. The van der Waals surface area contributed by atoms with Crippen molar-refractivity contribution in [3.63, 3.8) is 0 Å². The van der Waals surface area contributed by atoms with Crippen molar-refractivity contribution in [2.24, 2.45) is 0 Å². The van der Waals surface area contributed by atoms with Gasteiger partial charge in [-0.05, 0) is 19.9 Å². The lowest BCUT2D eigenvalue weighted by Gasteiger charge is -2.05. The summed E-state index contributed by atoms with van der Waals surface area (Å²) in [6.07, 6.45) is 1.98. The molecule has 0 aliphatic rings. The summed E-state index contributed by atoms with van der Waals surface area (Å²) in [5.41, 5.74) is 1.58. The lowest BCUT2D eigenvalue weighted by molar-refractivity contribution is 0.634. The summed E-state index contributed by atoms with van der Waals surface area (Å²) < 4.78 is 12.2. The van der Waals surface area contributed by atoms with Gasteiger partial charge in [0.05, 0.1) is 5.83 Å². The van der Waals surface area contributed by atoms with Gasteiger partial charge in [0.25, 0.3) is 0 Å². The Kier molecular flexibility index (Phi) is 4.27. The summed E-state index contributed by atoms with van der Waals surface area (Å²) >= 11 is 0. The van der Waals surface area contributed by atoms with Crippen LogP contribution < -0.4 is 5.32 Å². The third-order valence-corrected chi connectivity index (χ3v) is 1.02. The number of hydrogen-bond acceptors (Lipinski definition) is 1. The van der Waals surface area contributed by atoms with Crippen molar-refractivity contribution in [3.05, 3.63) is 36.5 Å². The maximum absolute atomic E-state index is 12.2. The smallest absolute Gasteiger partial charge is 0.0932 e. The minimum absolute atomic E-state index is 0.185. The second kappa shape index (κ2) is 4.72. The molecule has 0 bridgehead atoms. The van der Waals surface area contributed by atoms with Gasteiger partial charge in [0.15, 0.2) is 0 Å². The summed E-state index contributed by atoms with van der Waals surface area (Å²) in [6.45, 7) is 10.6. The van der Waals surface area contributed by atoms with E-state index < -0.39 is 0 Å². The predicted molar refractivity (Wildman–Crippen MR) is 46.6 cm³/mol. The summed E-state index contributed by atoms with van der Waals surface area (Å²) in [4.78, 5) is 0. The van der Waals surface area contributed by atoms with Gasteiger partial charge in [-0.15, -0.1) is 0 Å². The van der Waals surface area contributed by atoms with Gasteiger partial charge in [0.1, 0.15) is 0 Å². The Morgan fingerprint density at radius 1 is 1.45 bits per heavy atom.